The molecule has 44 heavy (non-hydrogen) atoms. The first-order valence-corrected chi connectivity index (χ1v) is 16.3. The molecule has 0 radical (unpaired) electrons. The Morgan fingerprint density at radius 1 is 0.909 bits per heavy atom. The predicted octanol–water partition coefficient (Wildman–Crippen LogP) is 6.28. The van der Waals surface area contributed by atoms with Gasteiger partial charge in [-0.15, -0.1) is 0 Å². The normalized spacial score (nSPS) is 28.1. The van der Waals surface area contributed by atoms with Crippen LogP contribution < -0.4 is 5.32 Å². The summed E-state index contributed by atoms with van der Waals surface area (Å²) >= 11 is 0. The zero-order chi connectivity index (χ0) is 31.3. The Balaban J connectivity index is 1.22. The molecular formula is C36H50N2O6. The largest absolute Gasteiger partial charge is 0.481 e. The standard InChI is InChI=1S/C36H50N2O6/c1-35(2)18-29-19-36(3,23-35)24-38(29)21-30-17-31(27-13-11-26(22-39)12-14-27)44-34(43-30)28-15-9-25(10-16-28)20-37-32(40)7-5-4-6-8-33(41)42/h9-16,29-31,34,39H,4-8,17-24H2,1-3H3,(H,37,40)(H,41,42)/t29?,30-,31+,34+,36?/m0/s1. The second-order valence-corrected chi connectivity index (χ2v) is 14.5. The van der Waals surface area contributed by atoms with E-state index in [1.165, 1.54) is 19.3 Å². The number of fused-ring (bicyclic) bond motifs is 2. The maximum Gasteiger partial charge on any atom is 0.303 e. The molecule has 5 atom stereocenters. The number of carbonyl (C=O) groups excluding carboxylic acids is 1. The van der Waals surface area contributed by atoms with Gasteiger partial charge in [-0.2, -0.15) is 0 Å². The Labute approximate surface area is 262 Å². The highest BCUT2D eigenvalue weighted by Gasteiger charge is 2.50. The fourth-order valence-electron chi connectivity index (χ4n) is 7.90. The number of hydrogen-bond acceptors (Lipinski definition) is 6. The van der Waals surface area contributed by atoms with E-state index in [1.54, 1.807) is 0 Å². The Hall–Kier alpha value is -2.78. The topological polar surface area (TPSA) is 108 Å². The number of ether oxygens (including phenoxy) is 2. The Morgan fingerprint density at radius 3 is 2.30 bits per heavy atom. The maximum absolute atomic E-state index is 12.3. The molecule has 8 nitrogen and oxygen atoms in total. The van der Waals surface area contributed by atoms with Gasteiger partial charge in [0.25, 0.3) is 0 Å². The number of likely N-dealkylation sites (tertiary alicyclic amines) is 1. The van der Waals surface area contributed by atoms with E-state index in [2.05, 4.69) is 43.1 Å². The highest BCUT2D eigenvalue weighted by molar-refractivity contribution is 5.75. The van der Waals surface area contributed by atoms with E-state index >= 15 is 0 Å². The zero-order valence-electron chi connectivity index (χ0n) is 26.6. The average Bonchev–Trinajstić information content (AvgIpc) is 3.22. The summed E-state index contributed by atoms with van der Waals surface area (Å²) in [5, 5.41) is 21.2. The Morgan fingerprint density at radius 2 is 1.59 bits per heavy atom. The third-order valence-electron chi connectivity index (χ3n) is 9.61. The number of nitrogens with zero attached hydrogens (tertiary/aromatic N) is 1. The van der Waals surface area contributed by atoms with Crippen molar-refractivity contribution < 1.29 is 29.3 Å². The molecule has 2 aromatic carbocycles. The third kappa shape index (κ3) is 8.68. The first kappa shape index (κ1) is 32.6. The van der Waals surface area contributed by atoms with E-state index in [-0.39, 0.29) is 31.1 Å². The molecule has 240 valence electrons. The first-order valence-electron chi connectivity index (χ1n) is 16.3. The Kier molecular flexibility index (Phi) is 10.5. The molecule has 5 rings (SSSR count). The van der Waals surface area contributed by atoms with Crippen LogP contribution in [-0.2, 0) is 32.2 Å². The number of carboxylic acid groups (broad SMARTS) is 1. The summed E-state index contributed by atoms with van der Waals surface area (Å²) in [7, 11) is 0. The van der Waals surface area contributed by atoms with Crippen molar-refractivity contribution >= 4 is 11.9 Å². The highest BCUT2D eigenvalue weighted by atomic mass is 16.7. The minimum Gasteiger partial charge on any atom is -0.481 e. The van der Waals surface area contributed by atoms with Crippen LogP contribution in [0.25, 0.3) is 0 Å². The summed E-state index contributed by atoms with van der Waals surface area (Å²) in [5.41, 5.74) is 4.66. The molecule has 0 spiro atoms. The summed E-state index contributed by atoms with van der Waals surface area (Å²) in [5.74, 6) is -0.818. The molecular weight excluding hydrogens is 556 g/mol. The van der Waals surface area contributed by atoms with Gasteiger partial charge in [-0.1, -0.05) is 75.7 Å². The van der Waals surface area contributed by atoms with E-state index in [0.717, 1.165) is 48.2 Å². The van der Waals surface area contributed by atoms with Crippen molar-refractivity contribution in [2.75, 3.05) is 13.1 Å². The number of aliphatic hydroxyl groups is 1. The lowest BCUT2D eigenvalue weighted by Crippen LogP contribution is -2.42. The molecule has 1 amide bonds. The number of hydrogen-bond donors (Lipinski definition) is 3. The first-order chi connectivity index (χ1) is 21.0. The molecule has 0 aromatic heterocycles. The van der Waals surface area contributed by atoms with Gasteiger partial charge in [0.15, 0.2) is 6.29 Å². The second kappa shape index (κ2) is 14.1. The number of unbranched alkanes of at least 4 members (excludes halogenated alkanes) is 2. The molecule has 1 aliphatic carbocycles. The van der Waals surface area contributed by atoms with Crippen LogP contribution in [0.5, 0.6) is 0 Å². The lowest BCUT2D eigenvalue weighted by molar-refractivity contribution is -0.253. The maximum atomic E-state index is 12.3. The van der Waals surface area contributed by atoms with Crippen molar-refractivity contribution in [1.29, 1.82) is 0 Å². The lowest BCUT2D eigenvalue weighted by Gasteiger charge is -2.41. The Bertz CT molecular complexity index is 1260. The number of carboxylic acids is 1. The number of rotatable bonds is 13. The van der Waals surface area contributed by atoms with Crippen LogP contribution >= 0.6 is 0 Å². The van der Waals surface area contributed by atoms with Gasteiger partial charge < -0.3 is 25.0 Å². The van der Waals surface area contributed by atoms with Crippen molar-refractivity contribution in [3.63, 3.8) is 0 Å². The van der Waals surface area contributed by atoms with Gasteiger partial charge >= 0.3 is 5.97 Å². The molecule has 2 bridgehead atoms. The van der Waals surface area contributed by atoms with Gasteiger partial charge in [-0.05, 0) is 59.6 Å². The van der Waals surface area contributed by atoms with Crippen LogP contribution in [0.4, 0.5) is 0 Å². The molecule has 2 saturated heterocycles. The third-order valence-corrected chi connectivity index (χ3v) is 9.61. The number of carbonyl (C=O) groups is 2. The van der Waals surface area contributed by atoms with Gasteiger partial charge in [0.1, 0.15) is 0 Å². The summed E-state index contributed by atoms with van der Waals surface area (Å²) in [4.78, 5) is 25.6. The molecule has 8 heteroatoms. The number of benzene rings is 2. The quantitative estimate of drug-likeness (QED) is 0.231. The monoisotopic (exact) mass is 606 g/mol. The van der Waals surface area contributed by atoms with Crippen LogP contribution in [0.15, 0.2) is 48.5 Å². The fourth-order valence-corrected chi connectivity index (χ4v) is 7.90. The van der Waals surface area contributed by atoms with Gasteiger partial charge in [0, 0.05) is 50.5 Å². The molecule has 2 aromatic rings. The molecule has 3 N–H and O–H groups in total. The summed E-state index contributed by atoms with van der Waals surface area (Å²) in [6.45, 7) is 9.74. The van der Waals surface area contributed by atoms with Crippen molar-refractivity contribution in [1.82, 2.24) is 10.2 Å². The van der Waals surface area contributed by atoms with E-state index in [9.17, 15) is 14.7 Å². The molecule has 2 aliphatic heterocycles. The smallest absolute Gasteiger partial charge is 0.303 e. The number of aliphatic hydroxyl groups excluding tert-OH is 1. The van der Waals surface area contributed by atoms with Gasteiger partial charge in [0.2, 0.25) is 5.91 Å². The molecule has 1 saturated carbocycles. The number of aliphatic carboxylic acids is 1. The number of amides is 1. The zero-order valence-corrected chi connectivity index (χ0v) is 26.6. The lowest BCUT2D eigenvalue weighted by atomic mass is 9.65. The summed E-state index contributed by atoms with van der Waals surface area (Å²) < 4.78 is 13.2. The van der Waals surface area contributed by atoms with E-state index in [0.29, 0.717) is 42.7 Å². The second-order valence-electron chi connectivity index (χ2n) is 14.5. The highest BCUT2D eigenvalue weighted by Crippen LogP contribution is 2.53. The van der Waals surface area contributed by atoms with Crippen LogP contribution in [0.1, 0.15) is 113 Å². The van der Waals surface area contributed by atoms with Crippen molar-refractivity contribution in [3.8, 4) is 0 Å². The van der Waals surface area contributed by atoms with E-state index in [4.69, 9.17) is 14.6 Å². The van der Waals surface area contributed by atoms with Gasteiger partial charge in [0.05, 0.1) is 18.8 Å². The average molecular weight is 607 g/mol. The van der Waals surface area contributed by atoms with Crippen LogP contribution in [0.2, 0.25) is 0 Å². The minimum absolute atomic E-state index is 0.0191. The molecule has 3 fully saturated rings. The fraction of sp³-hybridized carbons (Fsp3) is 0.611. The SMILES string of the molecule is CC1(C)CC2CC(C)(CN2C[C@@H]2C[C@H](c3ccc(CO)cc3)O[C@H](c3ccc(CNC(=O)CCCCCC(=O)O)cc3)O2)C1. The molecule has 3 aliphatic rings. The molecule has 2 unspecified atom stereocenters. The van der Waals surface area contributed by atoms with Gasteiger partial charge in [-0.25, -0.2) is 0 Å². The van der Waals surface area contributed by atoms with Crippen LogP contribution in [0, 0.1) is 10.8 Å². The van der Waals surface area contributed by atoms with Crippen LogP contribution in [0.3, 0.4) is 0 Å². The summed E-state index contributed by atoms with van der Waals surface area (Å²) in [6, 6.07) is 16.7. The van der Waals surface area contributed by atoms with E-state index < -0.39 is 12.3 Å². The van der Waals surface area contributed by atoms with Crippen molar-refractivity contribution in [3.05, 3.63) is 70.8 Å². The van der Waals surface area contributed by atoms with Crippen molar-refractivity contribution in [2.45, 2.75) is 116 Å². The summed E-state index contributed by atoms with van der Waals surface area (Å²) in [6.07, 6.45) is 6.51. The van der Waals surface area contributed by atoms with Gasteiger partial charge in [-0.3, -0.25) is 14.5 Å². The number of nitrogens with one attached hydrogen (secondary N) is 1. The molecule has 2 heterocycles. The van der Waals surface area contributed by atoms with Crippen molar-refractivity contribution in [2.24, 2.45) is 10.8 Å². The van der Waals surface area contributed by atoms with E-state index in [1.807, 2.05) is 36.4 Å². The minimum atomic E-state index is -0.794. The predicted molar refractivity (Wildman–Crippen MR) is 169 cm³/mol. The van der Waals surface area contributed by atoms with Crippen LogP contribution in [-0.4, -0.2) is 52.2 Å².